The zero-order valence-electron chi connectivity index (χ0n) is 21.7. The number of alkyl halides is 6. The van der Waals surface area contributed by atoms with Crippen molar-refractivity contribution in [2.45, 2.75) is 36.6 Å². The summed E-state index contributed by atoms with van der Waals surface area (Å²) in [5.41, 5.74) is 0.596. The van der Waals surface area contributed by atoms with E-state index in [9.17, 15) is 35.3 Å². The molecule has 2 aromatic heterocycles. The average Bonchev–Trinajstić information content (AvgIpc) is 3.38. The second-order valence-corrected chi connectivity index (χ2v) is 12.3. The van der Waals surface area contributed by atoms with E-state index in [0.29, 0.717) is 51.6 Å². The van der Waals surface area contributed by atoms with Crippen LogP contribution < -0.4 is 5.32 Å². The number of anilines is 2. The van der Waals surface area contributed by atoms with Crippen LogP contribution in [0.2, 0.25) is 5.02 Å². The Bertz CT molecular complexity index is 1610. The lowest BCUT2D eigenvalue weighted by Crippen LogP contribution is -2.43. The average molecular weight is 651 g/mol. The summed E-state index contributed by atoms with van der Waals surface area (Å²) in [4.78, 5) is 21.5. The van der Waals surface area contributed by atoms with Crippen LogP contribution in [0.25, 0.3) is 16.1 Å². The van der Waals surface area contributed by atoms with Crippen molar-refractivity contribution in [3.05, 3.63) is 57.1 Å². The van der Waals surface area contributed by atoms with E-state index in [-0.39, 0.29) is 41.0 Å². The lowest BCUT2D eigenvalue weighted by molar-refractivity contribution is -0.186. The van der Waals surface area contributed by atoms with Crippen molar-refractivity contribution in [1.82, 2.24) is 14.9 Å². The molecule has 0 saturated heterocycles. The van der Waals surface area contributed by atoms with Gasteiger partial charge in [-0.05, 0) is 47.7 Å². The third-order valence-corrected chi connectivity index (χ3v) is 9.27. The quantitative estimate of drug-likeness (QED) is 0.313. The molecule has 1 unspecified atom stereocenters. The third kappa shape index (κ3) is 6.33. The zero-order chi connectivity index (χ0) is 30.4. The van der Waals surface area contributed by atoms with Crippen LogP contribution in [0, 0.1) is 0 Å². The maximum absolute atomic E-state index is 14.0. The maximum Gasteiger partial charge on any atom is 0.471 e. The fourth-order valence-electron chi connectivity index (χ4n) is 4.65. The van der Waals surface area contributed by atoms with E-state index >= 15 is 0 Å². The van der Waals surface area contributed by atoms with Gasteiger partial charge in [-0.15, -0.1) is 11.3 Å². The van der Waals surface area contributed by atoms with Gasteiger partial charge in [-0.3, -0.25) is 9.00 Å². The molecule has 2 aliphatic heterocycles. The van der Waals surface area contributed by atoms with Crippen molar-refractivity contribution in [3.63, 3.8) is 0 Å². The van der Waals surface area contributed by atoms with Crippen molar-refractivity contribution in [2.24, 2.45) is 0 Å². The molecule has 2 aliphatic rings. The number of amides is 1. The SMILES string of the molecule is CS(=O)c1cc(-c2nc(Nc3cc4c(cc3Cl)CN(C(=O)C(F)(F)F)CC4)ncc2C(F)(F)F)sc1C1=CCOCC1. The number of carbonyl (C=O) groups is 1. The lowest BCUT2D eigenvalue weighted by Gasteiger charge is -2.30. The number of benzene rings is 1. The van der Waals surface area contributed by atoms with Crippen LogP contribution in [0.15, 0.2) is 35.4 Å². The minimum atomic E-state index is -5.00. The topological polar surface area (TPSA) is 84.4 Å². The van der Waals surface area contributed by atoms with E-state index in [0.717, 1.165) is 16.9 Å². The van der Waals surface area contributed by atoms with Gasteiger partial charge in [0.1, 0.15) is 5.56 Å². The van der Waals surface area contributed by atoms with E-state index in [1.54, 1.807) is 6.07 Å². The maximum atomic E-state index is 14.0. The van der Waals surface area contributed by atoms with E-state index in [1.807, 2.05) is 6.08 Å². The standard InChI is InChI=1S/C26H21ClF6N4O3S2/c1-42(39)20-10-19(41-22(20)13-3-6-40-7-4-13)21-16(25(28,29)30)11-34-24(36-21)35-18-9-14-2-5-37(23(38)26(31,32)33)12-15(14)8-17(18)27/h3,8-11H,2,4-7,12H2,1H3,(H,34,35,36). The van der Waals surface area contributed by atoms with Crippen molar-refractivity contribution >= 4 is 56.9 Å². The van der Waals surface area contributed by atoms with Crippen molar-refractivity contribution in [3.8, 4) is 10.6 Å². The van der Waals surface area contributed by atoms with Gasteiger partial charge in [0, 0.05) is 30.4 Å². The smallest absolute Gasteiger partial charge is 0.377 e. The Balaban J connectivity index is 1.49. The Kier molecular flexibility index (Phi) is 8.40. The summed E-state index contributed by atoms with van der Waals surface area (Å²) >= 11 is 7.41. The highest BCUT2D eigenvalue weighted by atomic mass is 35.5. The largest absolute Gasteiger partial charge is 0.471 e. The van der Waals surface area contributed by atoms with Crippen LogP contribution >= 0.6 is 22.9 Å². The number of hydrogen-bond donors (Lipinski definition) is 1. The Hall–Kier alpha value is -3.01. The van der Waals surface area contributed by atoms with Gasteiger partial charge in [-0.1, -0.05) is 17.7 Å². The second-order valence-electron chi connectivity index (χ2n) is 9.47. The predicted octanol–water partition coefficient (Wildman–Crippen LogP) is 6.61. The molecule has 0 radical (unpaired) electrons. The molecule has 1 atom stereocenters. The molecule has 0 fully saturated rings. The molecule has 0 bridgehead atoms. The van der Waals surface area contributed by atoms with Gasteiger partial charge in [0.25, 0.3) is 0 Å². The Labute approximate surface area is 247 Å². The number of hydrogen-bond acceptors (Lipinski definition) is 7. The first-order valence-corrected chi connectivity index (χ1v) is 15.1. The second kappa shape index (κ2) is 11.6. The molecule has 1 amide bonds. The Morgan fingerprint density at radius 1 is 1.14 bits per heavy atom. The summed E-state index contributed by atoms with van der Waals surface area (Å²) in [5, 5.41) is 2.86. The first kappa shape index (κ1) is 30.4. The number of nitrogens with zero attached hydrogens (tertiary/aromatic N) is 3. The molecule has 16 heteroatoms. The van der Waals surface area contributed by atoms with Crippen LogP contribution in [0.3, 0.4) is 0 Å². The molecule has 224 valence electrons. The van der Waals surface area contributed by atoms with Gasteiger partial charge in [0.15, 0.2) is 0 Å². The Morgan fingerprint density at radius 3 is 2.55 bits per heavy atom. The van der Waals surface area contributed by atoms with Gasteiger partial charge < -0.3 is 15.0 Å². The number of aromatic nitrogens is 2. The molecule has 1 aromatic carbocycles. The van der Waals surface area contributed by atoms with E-state index in [2.05, 4.69) is 15.3 Å². The van der Waals surface area contributed by atoms with Crippen LogP contribution in [-0.4, -0.2) is 57.2 Å². The first-order chi connectivity index (χ1) is 19.7. The molecule has 0 aliphatic carbocycles. The van der Waals surface area contributed by atoms with E-state index in [4.69, 9.17) is 16.3 Å². The fourth-order valence-corrected chi connectivity index (χ4v) is 7.23. The molecular formula is C26H21ClF6N4O3S2. The van der Waals surface area contributed by atoms with E-state index in [1.165, 1.54) is 18.4 Å². The van der Waals surface area contributed by atoms with Gasteiger partial charge in [0.05, 0.1) is 50.2 Å². The lowest BCUT2D eigenvalue weighted by atomic mass is 9.99. The van der Waals surface area contributed by atoms with Gasteiger partial charge in [-0.25, -0.2) is 9.97 Å². The summed E-state index contributed by atoms with van der Waals surface area (Å²) < 4.78 is 98.5. The number of ether oxygens (including phenoxy) is 1. The van der Waals surface area contributed by atoms with Crippen LogP contribution in [-0.2, 0) is 39.5 Å². The van der Waals surface area contributed by atoms with Crippen molar-refractivity contribution < 1.29 is 40.1 Å². The van der Waals surface area contributed by atoms with E-state index < -0.39 is 40.3 Å². The van der Waals surface area contributed by atoms with Gasteiger partial charge in [-0.2, -0.15) is 26.3 Å². The molecule has 1 N–H and O–H groups in total. The Morgan fingerprint density at radius 2 is 1.90 bits per heavy atom. The number of fused-ring (bicyclic) bond motifs is 1. The van der Waals surface area contributed by atoms with Gasteiger partial charge in [0.2, 0.25) is 5.95 Å². The van der Waals surface area contributed by atoms with Crippen LogP contribution in [0.1, 0.15) is 28.0 Å². The summed E-state index contributed by atoms with van der Waals surface area (Å²) in [6.07, 6.45) is -5.26. The molecule has 0 spiro atoms. The molecule has 7 nitrogen and oxygen atoms in total. The molecule has 0 saturated carbocycles. The summed E-state index contributed by atoms with van der Waals surface area (Å²) in [5.74, 6) is -2.15. The minimum Gasteiger partial charge on any atom is -0.377 e. The van der Waals surface area contributed by atoms with Crippen molar-refractivity contribution in [2.75, 3.05) is 31.3 Å². The monoisotopic (exact) mass is 650 g/mol. The normalized spacial score (nSPS) is 16.6. The summed E-state index contributed by atoms with van der Waals surface area (Å²) in [7, 11) is -1.49. The number of thiophene rings is 1. The highest BCUT2D eigenvalue weighted by molar-refractivity contribution is 7.84. The summed E-state index contributed by atoms with van der Waals surface area (Å²) in [6.45, 7) is 0.311. The minimum absolute atomic E-state index is 0.0497. The molecule has 5 rings (SSSR count). The third-order valence-electron chi connectivity index (χ3n) is 6.67. The number of rotatable bonds is 5. The summed E-state index contributed by atoms with van der Waals surface area (Å²) in [6, 6.07) is 4.39. The first-order valence-electron chi connectivity index (χ1n) is 12.4. The molecule has 42 heavy (non-hydrogen) atoms. The van der Waals surface area contributed by atoms with Gasteiger partial charge >= 0.3 is 18.3 Å². The van der Waals surface area contributed by atoms with Crippen LogP contribution in [0.4, 0.5) is 38.0 Å². The predicted molar refractivity (Wildman–Crippen MR) is 146 cm³/mol. The number of nitrogens with one attached hydrogen (secondary N) is 1. The highest BCUT2D eigenvalue weighted by Gasteiger charge is 2.43. The number of carbonyl (C=O) groups excluding carboxylic acids is 1. The molecular weight excluding hydrogens is 630 g/mol. The zero-order valence-corrected chi connectivity index (χ0v) is 24.0. The van der Waals surface area contributed by atoms with Crippen LogP contribution in [0.5, 0.6) is 0 Å². The molecule has 4 heterocycles. The molecule has 3 aromatic rings. The fraction of sp³-hybridized carbons (Fsp3) is 0.346. The highest BCUT2D eigenvalue weighted by Crippen LogP contribution is 2.43. The number of halogens is 7. The van der Waals surface area contributed by atoms with Crippen molar-refractivity contribution in [1.29, 1.82) is 0 Å².